The summed E-state index contributed by atoms with van der Waals surface area (Å²) in [6, 6.07) is 4.82. The summed E-state index contributed by atoms with van der Waals surface area (Å²) in [4.78, 5) is 98.2. The van der Waals surface area contributed by atoms with E-state index in [2.05, 4.69) is 28.2 Å². The Kier molecular flexibility index (Phi) is 14.2. The van der Waals surface area contributed by atoms with Gasteiger partial charge in [0.15, 0.2) is 0 Å². The van der Waals surface area contributed by atoms with Crippen molar-refractivity contribution in [1.82, 2.24) is 31.1 Å². The van der Waals surface area contributed by atoms with Gasteiger partial charge in [-0.25, -0.2) is 4.79 Å². The summed E-state index contributed by atoms with van der Waals surface area (Å²) in [7, 11) is 3.15. The maximum absolute atomic E-state index is 14.6. The Labute approximate surface area is 331 Å². The van der Waals surface area contributed by atoms with Crippen LogP contribution in [0.15, 0.2) is 30.3 Å². The van der Waals surface area contributed by atoms with E-state index >= 15 is 0 Å². The molecule has 0 bridgehead atoms. The number of rotatable bonds is 14. The van der Waals surface area contributed by atoms with Gasteiger partial charge >= 0.3 is 6.09 Å². The predicted octanol–water partition coefficient (Wildman–Crippen LogP) is 3.64. The molecule has 1 aliphatic heterocycles. The molecular weight excluding hydrogens is 716 g/mol. The Morgan fingerprint density at radius 2 is 1.55 bits per heavy atom. The van der Waals surface area contributed by atoms with Crippen molar-refractivity contribution in [3.05, 3.63) is 35.9 Å². The quantitative estimate of drug-likeness (QED) is 0.207. The molecule has 5 rings (SSSR count). The van der Waals surface area contributed by atoms with Gasteiger partial charge in [0.25, 0.3) is 5.91 Å². The molecule has 7 atom stereocenters. The van der Waals surface area contributed by atoms with E-state index in [1.165, 1.54) is 4.90 Å². The van der Waals surface area contributed by atoms with E-state index in [0.29, 0.717) is 18.0 Å². The fraction of sp³-hybridized carbons (Fsp3) is 0.690. The molecule has 1 heterocycles. The van der Waals surface area contributed by atoms with Gasteiger partial charge < -0.3 is 35.8 Å². The van der Waals surface area contributed by atoms with Crippen molar-refractivity contribution in [1.29, 1.82) is 0 Å². The van der Waals surface area contributed by atoms with Gasteiger partial charge in [-0.05, 0) is 88.0 Å². The van der Waals surface area contributed by atoms with E-state index in [9.17, 15) is 33.6 Å². The zero-order chi connectivity index (χ0) is 40.7. The van der Waals surface area contributed by atoms with Crippen molar-refractivity contribution < 1.29 is 38.3 Å². The molecule has 0 radical (unpaired) electrons. The van der Waals surface area contributed by atoms with E-state index < -0.39 is 65.9 Å². The Hall–Kier alpha value is -4.49. The minimum Gasteiger partial charge on any atom is -0.444 e. The van der Waals surface area contributed by atoms with Crippen LogP contribution in [0.25, 0.3) is 0 Å². The maximum atomic E-state index is 14.6. The van der Waals surface area contributed by atoms with Crippen LogP contribution in [-0.2, 0) is 33.5 Å². The fourth-order valence-electron chi connectivity index (χ4n) is 9.02. The lowest BCUT2D eigenvalue weighted by Gasteiger charge is -2.36. The molecule has 4 N–H and O–H groups in total. The largest absolute Gasteiger partial charge is 0.444 e. The van der Waals surface area contributed by atoms with Crippen molar-refractivity contribution in [3.63, 3.8) is 0 Å². The summed E-state index contributed by atoms with van der Waals surface area (Å²) in [6.07, 6.45) is 8.34. The Balaban J connectivity index is 1.30. The second-order valence-electron chi connectivity index (χ2n) is 17.7. The SMILES string of the molecule is CC1C[C@H]2CN(C(=O)[C@@H](NC(=O)OC(C)(C)C)C3CCCCC3)[C@H](C(=O)N[C@H](CC3CCC3)C(=O)C(=O)NCC(=O)N[C@H](C(=O)N(C)C)c3ccccc3)[C@H]2C1. The maximum Gasteiger partial charge on any atom is 0.408 e. The van der Waals surface area contributed by atoms with E-state index in [-0.39, 0.29) is 41.9 Å². The number of hydrogen-bond donors (Lipinski definition) is 4. The normalized spacial score (nSPS) is 24.1. The first-order valence-electron chi connectivity index (χ1n) is 20.5. The van der Waals surface area contributed by atoms with Gasteiger partial charge in [-0.1, -0.05) is 75.8 Å². The monoisotopic (exact) mass is 778 g/mol. The molecule has 1 aromatic carbocycles. The van der Waals surface area contributed by atoms with E-state index in [1.807, 2.05) is 0 Å². The third kappa shape index (κ3) is 10.9. The average Bonchev–Trinajstić information content (AvgIpc) is 3.67. The molecule has 1 aromatic rings. The van der Waals surface area contributed by atoms with Crippen LogP contribution in [0.4, 0.5) is 4.79 Å². The number of amides is 6. The van der Waals surface area contributed by atoms with Crippen LogP contribution in [0.5, 0.6) is 0 Å². The van der Waals surface area contributed by atoms with Crippen molar-refractivity contribution in [2.75, 3.05) is 27.2 Å². The number of likely N-dealkylation sites (N-methyl/N-ethyl adjacent to an activating group) is 1. The van der Waals surface area contributed by atoms with Gasteiger partial charge in [-0.2, -0.15) is 0 Å². The van der Waals surface area contributed by atoms with Crippen molar-refractivity contribution in [2.45, 2.75) is 128 Å². The lowest BCUT2D eigenvalue weighted by molar-refractivity contribution is -0.144. The van der Waals surface area contributed by atoms with E-state index in [1.54, 1.807) is 70.1 Å². The molecule has 56 heavy (non-hydrogen) atoms. The lowest BCUT2D eigenvalue weighted by atomic mass is 9.80. The summed E-state index contributed by atoms with van der Waals surface area (Å²) in [6.45, 7) is 7.23. The van der Waals surface area contributed by atoms with Crippen LogP contribution in [0.3, 0.4) is 0 Å². The predicted molar refractivity (Wildman–Crippen MR) is 209 cm³/mol. The molecule has 308 valence electrons. The van der Waals surface area contributed by atoms with Gasteiger partial charge in [0.2, 0.25) is 29.4 Å². The molecule has 14 nitrogen and oxygen atoms in total. The number of ether oxygens (including phenoxy) is 1. The van der Waals surface area contributed by atoms with Crippen LogP contribution in [0, 0.1) is 29.6 Å². The second kappa shape index (κ2) is 18.6. The molecule has 1 saturated heterocycles. The number of carbonyl (C=O) groups is 7. The topological polar surface area (TPSA) is 183 Å². The highest BCUT2D eigenvalue weighted by molar-refractivity contribution is 6.38. The number of ketones is 1. The van der Waals surface area contributed by atoms with Gasteiger partial charge in [0.1, 0.15) is 23.7 Å². The van der Waals surface area contributed by atoms with Gasteiger partial charge in [-0.15, -0.1) is 0 Å². The Bertz CT molecular complexity index is 1600. The summed E-state index contributed by atoms with van der Waals surface area (Å²) in [5, 5.41) is 10.8. The third-order valence-electron chi connectivity index (χ3n) is 12.0. The molecule has 3 saturated carbocycles. The van der Waals surface area contributed by atoms with Crippen LogP contribution >= 0.6 is 0 Å². The number of nitrogens with zero attached hydrogens (tertiary/aromatic N) is 2. The number of carbonyl (C=O) groups excluding carboxylic acids is 7. The van der Waals surface area contributed by atoms with Crippen LogP contribution in [0.1, 0.15) is 110 Å². The molecule has 3 aliphatic carbocycles. The summed E-state index contributed by atoms with van der Waals surface area (Å²) in [5.74, 6) is -3.40. The molecule has 0 aromatic heterocycles. The van der Waals surface area contributed by atoms with Crippen LogP contribution in [0.2, 0.25) is 0 Å². The molecule has 6 amide bonds. The summed E-state index contributed by atoms with van der Waals surface area (Å²) >= 11 is 0. The number of nitrogens with one attached hydrogen (secondary N) is 4. The van der Waals surface area contributed by atoms with Crippen LogP contribution in [-0.4, -0.2) is 102 Å². The summed E-state index contributed by atoms with van der Waals surface area (Å²) in [5.41, 5.74) is -0.199. The first kappa shape index (κ1) is 42.6. The Morgan fingerprint density at radius 1 is 0.875 bits per heavy atom. The van der Waals surface area contributed by atoms with E-state index in [4.69, 9.17) is 4.74 Å². The van der Waals surface area contributed by atoms with Gasteiger partial charge in [0.05, 0.1) is 12.6 Å². The lowest BCUT2D eigenvalue weighted by Crippen LogP contribution is -2.59. The van der Waals surface area contributed by atoms with Gasteiger partial charge in [-0.3, -0.25) is 28.8 Å². The number of likely N-dealkylation sites (tertiary alicyclic amines) is 1. The Morgan fingerprint density at radius 3 is 2.16 bits per heavy atom. The smallest absolute Gasteiger partial charge is 0.408 e. The third-order valence-corrected chi connectivity index (χ3v) is 12.0. The fourth-order valence-corrected chi connectivity index (χ4v) is 9.02. The molecule has 1 unspecified atom stereocenters. The minimum absolute atomic E-state index is 0.0833. The van der Waals surface area contributed by atoms with Crippen molar-refractivity contribution in [2.24, 2.45) is 29.6 Å². The van der Waals surface area contributed by atoms with Gasteiger partial charge in [0, 0.05) is 20.6 Å². The minimum atomic E-state index is -1.16. The van der Waals surface area contributed by atoms with Crippen molar-refractivity contribution >= 4 is 41.4 Å². The highest BCUT2D eigenvalue weighted by Gasteiger charge is 2.53. The number of fused-ring (bicyclic) bond motifs is 1. The zero-order valence-electron chi connectivity index (χ0n) is 33.9. The zero-order valence-corrected chi connectivity index (χ0v) is 33.9. The molecule has 0 spiro atoms. The molecule has 14 heteroatoms. The highest BCUT2D eigenvalue weighted by atomic mass is 16.6. The highest BCUT2D eigenvalue weighted by Crippen LogP contribution is 2.46. The standard InChI is InChI=1S/C42H62N6O8/c1-25-20-29-24-48(40(54)34(28-18-11-8-12-19-28)46-41(55)56-42(2,3)4)35(30(29)21-25)37(51)44-31(22-26-14-13-15-26)36(50)38(52)43-23-32(49)45-33(39(53)47(5)6)27-16-9-7-10-17-27/h7,9-10,16-17,25-26,28-31,33-35H,8,11-15,18-24H2,1-6H3,(H,43,52)(H,44,51)(H,45,49)(H,46,55)/t25?,29-,30-,31+,33-,34-,35-/m0/s1. The molecular formula is C42H62N6O8. The number of hydrogen-bond acceptors (Lipinski definition) is 8. The van der Waals surface area contributed by atoms with Crippen LogP contribution < -0.4 is 21.3 Å². The average molecular weight is 779 g/mol. The number of alkyl carbamates (subject to hydrolysis) is 1. The number of benzene rings is 1. The number of Topliss-reactive ketones (excluding diaryl/α,β-unsaturated/α-hetero) is 1. The van der Waals surface area contributed by atoms with Crippen molar-refractivity contribution in [3.8, 4) is 0 Å². The molecule has 4 fully saturated rings. The second-order valence-corrected chi connectivity index (χ2v) is 17.7. The first-order valence-corrected chi connectivity index (χ1v) is 20.5. The molecule has 4 aliphatic rings. The summed E-state index contributed by atoms with van der Waals surface area (Å²) < 4.78 is 5.57. The first-order chi connectivity index (χ1) is 26.5. The van der Waals surface area contributed by atoms with E-state index in [0.717, 1.165) is 64.2 Å².